The lowest BCUT2D eigenvalue weighted by molar-refractivity contribution is 0.0951. The highest BCUT2D eigenvalue weighted by molar-refractivity contribution is 7.92. The number of aryl methyl sites for hydroxylation is 1. The Bertz CT molecular complexity index is 1300. The average Bonchev–Trinajstić information content (AvgIpc) is 3.34. The van der Waals surface area contributed by atoms with E-state index in [4.69, 9.17) is 0 Å². The largest absolute Gasteiger partial charge is 0.348 e. The lowest BCUT2D eigenvalue weighted by atomic mass is 10.1. The molecule has 0 saturated carbocycles. The summed E-state index contributed by atoms with van der Waals surface area (Å²) < 4.78 is 27.7. The summed E-state index contributed by atoms with van der Waals surface area (Å²) in [5.41, 5.74) is 4.78. The number of nitrogens with one attached hydrogen (secondary N) is 3. The van der Waals surface area contributed by atoms with Crippen LogP contribution in [0.5, 0.6) is 0 Å². The van der Waals surface area contributed by atoms with Gasteiger partial charge in [0.1, 0.15) is 0 Å². The van der Waals surface area contributed by atoms with E-state index in [2.05, 4.69) is 20.2 Å². The zero-order valence-corrected chi connectivity index (χ0v) is 18.2. The second-order valence-corrected chi connectivity index (χ2v) is 9.03. The quantitative estimate of drug-likeness (QED) is 0.397. The van der Waals surface area contributed by atoms with E-state index < -0.39 is 10.0 Å². The van der Waals surface area contributed by atoms with Gasteiger partial charge in [0.05, 0.1) is 10.6 Å². The third-order valence-corrected chi connectivity index (χ3v) is 6.35. The maximum atomic E-state index is 12.6. The molecule has 0 bridgehead atoms. The number of anilines is 1. The lowest BCUT2D eigenvalue weighted by Gasteiger charge is -2.10. The summed E-state index contributed by atoms with van der Waals surface area (Å²) in [6.07, 6.45) is 1.69. The minimum Gasteiger partial charge on any atom is -0.348 e. The molecule has 1 amide bonds. The van der Waals surface area contributed by atoms with Crippen molar-refractivity contribution < 1.29 is 13.2 Å². The van der Waals surface area contributed by atoms with Gasteiger partial charge in [-0.15, -0.1) is 0 Å². The van der Waals surface area contributed by atoms with Crippen molar-refractivity contribution >= 4 is 21.6 Å². The van der Waals surface area contributed by atoms with E-state index in [1.54, 1.807) is 18.3 Å². The van der Waals surface area contributed by atoms with E-state index in [1.165, 1.54) is 24.3 Å². The minimum absolute atomic E-state index is 0.0871. The number of hydrogen-bond acceptors (Lipinski definition) is 4. The fourth-order valence-corrected chi connectivity index (χ4v) is 4.18. The van der Waals surface area contributed by atoms with Gasteiger partial charge in [0, 0.05) is 24.0 Å². The molecule has 0 atom stereocenters. The predicted molar refractivity (Wildman–Crippen MR) is 124 cm³/mol. The normalized spacial score (nSPS) is 11.2. The van der Waals surface area contributed by atoms with Gasteiger partial charge in [-0.05, 0) is 60.5 Å². The number of H-pyrrole nitrogens is 1. The molecule has 162 valence electrons. The highest BCUT2D eigenvalue weighted by atomic mass is 32.2. The van der Waals surface area contributed by atoms with Crippen LogP contribution in [0, 0.1) is 6.92 Å². The van der Waals surface area contributed by atoms with Crippen molar-refractivity contribution in [2.75, 3.05) is 4.72 Å². The Morgan fingerprint density at radius 3 is 2.22 bits per heavy atom. The smallest absolute Gasteiger partial charge is 0.261 e. The molecule has 1 heterocycles. The monoisotopic (exact) mass is 446 g/mol. The molecule has 0 aliphatic rings. The number of benzene rings is 3. The van der Waals surface area contributed by atoms with E-state index in [0.29, 0.717) is 17.8 Å². The Morgan fingerprint density at radius 2 is 1.59 bits per heavy atom. The number of carbonyl (C=O) groups excluding carboxylic acids is 1. The summed E-state index contributed by atoms with van der Waals surface area (Å²) in [4.78, 5) is 12.6. The van der Waals surface area contributed by atoms with Crippen LogP contribution >= 0.6 is 0 Å². The van der Waals surface area contributed by atoms with Crippen molar-refractivity contribution in [2.24, 2.45) is 0 Å². The molecule has 0 radical (unpaired) electrons. The summed E-state index contributed by atoms with van der Waals surface area (Å²) >= 11 is 0. The number of sulfonamides is 1. The van der Waals surface area contributed by atoms with Crippen molar-refractivity contribution in [3.8, 4) is 11.3 Å². The van der Waals surface area contributed by atoms with Crippen molar-refractivity contribution in [2.45, 2.75) is 18.4 Å². The Morgan fingerprint density at radius 1 is 0.906 bits per heavy atom. The number of carbonyl (C=O) groups is 1. The maximum absolute atomic E-state index is 12.6. The summed E-state index contributed by atoms with van der Waals surface area (Å²) in [5, 5.41) is 9.69. The molecule has 7 nitrogen and oxygen atoms in total. The van der Waals surface area contributed by atoms with Gasteiger partial charge in [-0.1, -0.05) is 42.0 Å². The molecule has 0 aliphatic carbocycles. The van der Waals surface area contributed by atoms with Crippen LogP contribution in [-0.2, 0) is 16.6 Å². The number of hydrogen-bond donors (Lipinski definition) is 3. The fourth-order valence-electron chi connectivity index (χ4n) is 3.12. The molecule has 4 rings (SSSR count). The van der Waals surface area contributed by atoms with Gasteiger partial charge in [0.2, 0.25) is 0 Å². The van der Waals surface area contributed by atoms with E-state index in [-0.39, 0.29) is 10.8 Å². The van der Waals surface area contributed by atoms with Crippen LogP contribution in [-0.4, -0.2) is 24.5 Å². The zero-order chi connectivity index (χ0) is 22.6. The van der Waals surface area contributed by atoms with Crippen molar-refractivity contribution in [1.82, 2.24) is 15.5 Å². The van der Waals surface area contributed by atoms with Crippen LogP contribution < -0.4 is 10.0 Å². The molecule has 0 unspecified atom stereocenters. The fraction of sp³-hybridized carbons (Fsp3) is 0.0833. The summed E-state index contributed by atoms with van der Waals surface area (Å²) in [5.74, 6) is -0.280. The Kier molecular flexibility index (Phi) is 6.04. The first-order chi connectivity index (χ1) is 15.4. The van der Waals surface area contributed by atoms with Gasteiger partial charge >= 0.3 is 0 Å². The molecule has 4 aromatic rings. The van der Waals surface area contributed by atoms with Crippen molar-refractivity contribution in [3.63, 3.8) is 0 Å². The van der Waals surface area contributed by atoms with Crippen LogP contribution in [0.25, 0.3) is 11.3 Å². The van der Waals surface area contributed by atoms with Gasteiger partial charge in [0.15, 0.2) is 0 Å². The van der Waals surface area contributed by atoms with Crippen molar-refractivity contribution in [1.29, 1.82) is 0 Å². The second-order valence-electron chi connectivity index (χ2n) is 7.35. The van der Waals surface area contributed by atoms with Crippen LogP contribution in [0.3, 0.4) is 0 Å². The van der Waals surface area contributed by atoms with Gasteiger partial charge < -0.3 is 5.32 Å². The standard InChI is InChI=1S/C24H22N4O3S/c1-17-2-10-21(11-3-17)28-32(30,31)22-12-8-20(9-13-22)24(29)25-16-18-4-6-19(7-5-18)23-14-15-26-27-23/h2-15,28H,16H2,1H3,(H,25,29)(H,26,27). The molecular formula is C24H22N4O3S. The van der Waals surface area contributed by atoms with E-state index in [1.807, 2.05) is 49.4 Å². The van der Waals surface area contributed by atoms with Crippen LogP contribution in [0.15, 0.2) is 90.0 Å². The van der Waals surface area contributed by atoms with Crippen LogP contribution in [0.2, 0.25) is 0 Å². The molecule has 1 aromatic heterocycles. The molecule has 3 aromatic carbocycles. The summed E-state index contributed by atoms with van der Waals surface area (Å²) in [6.45, 7) is 2.29. The Balaban J connectivity index is 1.37. The number of nitrogens with zero attached hydrogens (tertiary/aromatic N) is 1. The predicted octanol–water partition coefficient (Wildman–Crippen LogP) is 4.12. The molecule has 8 heteroatoms. The molecule has 0 fully saturated rings. The number of aromatic nitrogens is 2. The minimum atomic E-state index is -3.74. The van der Waals surface area contributed by atoms with Gasteiger partial charge in [-0.2, -0.15) is 5.10 Å². The van der Waals surface area contributed by atoms with E-state index in [9.17, 15) is 13.2 Å². The first kappa shape index (κ1) is 21.3. The number of aromatic amines is 1. The third kappa shape index (κ3) is 5.04. The highest BCUT2D eigenvalue weighted by Crippen LogP contribution is 2.18. The molecule has 3 N–H and O–H groups in total. The molecule has 0 spiro atoms. The number of amides is 1. The Hall–Kier alpha value is -3.91. The van der Waals surface area contributed by atoms with Crippen molar-refractivity contribution in [3.05, 3.63) is 102 Å². The molecule has 0 saturated heterocycles. The first-order valence-corrected chi connectivity index (χ1v) is 11.5. The SMILES string of the molecule is Cc1ccc(NS(=O)(=O)c2ccc(C(=O)NCc3ccc(-c4ccn[nH]4)cc3)cc2)cc1. The van der Waals surface area contributed by atoms with Gasteiger partial charge in [-0.3, -0.25) is 14.6 Å². The second kappa shape index (κ2) is 9.07. The summed E-state index contributed by atoms with van der Waals surface area (Å²) in [7, 11) is -3.74. The van der Waals surface area contributed by atoms with Gasteiger partial charge in [0.25, 0.3) is 15.9 Å². The van der Waals surface area contributed by atoms with E-state index >= 15 is 0 Å². The lowest BCUT2D eigenvalue weighted by Crippen LogP contribution is -2.23. The van der Waals surface area contributed by atoms with Gasteiger partial charge in [-0.25, -0.2) is 8.42 Å². The topological polar surface area (TPSA) is 104 Å². The Labute approximate surface area is 186 Å². The first-order valence-electron chi connectivity index (χ1n) is 9.97. The molecule has 0 aliphatic heterocycles. The zero-order valence-electron chi connectivity index (χ0n) is 17.4. The maximum Gasteiger partial charge on any atom is 0.261 e. The third-order valence-electron chi connectivity index (χ3n) is 4.95. The molecular weight excluding hydrogens is 424 g/mol. The summed E-state index contributed by atoms with van der Waals surface area (Å²) in [6, 6.07) is 22.6. The van der Waals surface area contributed by atoms with Crippen LogP contribution in [0.4, 0.5) is 5.69 Å². The average molecular weight is 447 g/mol. The molecule has 32 heavy (non-hydrogen) atoms. The van der Waals surface area contributed by atoms with Crippen LogP contribution in [0.1, 0.15) is 21.5 Å². The van der Waals surface area contributed by atoms with E-state index in [0.717, 1.165) is 22.4 Å². The highest BCUT2D eigenvalue weighted by Gasteiger charge is 2.15. The number of rotatable bonds is 7.